The molecule has 0 atom stereocenters. The molecule has 0 bridgehead atoms. The summed E-state index contributed by atoms with van der Waals surface area (Å²) in [5, 5.41) is 7.97. The molecule has 4 heteroatoms. The molecule has 1 N–H and O–H groups in total. The van der Waals surface area contributed by atoms with E-state index in [9.17, 15) is 0 Å². The second-order valence-electron chi connectivity index (χ2n) is 4.13. The number of fused-ring (bicyclic) bond motifs is 3. The maximum Gasteiger partial charge on any atom is 0.160 e. The molecule has 3 rings (SSSR count). The van der Waals surface area contributed by atoms with Gasteiger partial charge in [-0.05, 0) is 19.9 Å². The Labute approximate surface area is 88.3 Å². The van der Waals surface area contributed by atoms with Gasteiger partial charge in [-0.2, -0.15) is 5.10 Å². The number of nitrogens with one attached hydrogen (secondary N) is 1. The largest absolute Gasteiger partial charge is 0.312 e. The standard InChI is InChI=1S/C11H14N4/c1-7-5-8(2)15-11(13-7)9-6-12-4-3-10(9)14-15/h5,12H,3-4,6H2,1-2H3. The zero-order valence-electron chi connectivity index (χ0n) is 9.04. The summed E-state index contributed by atoms with van der Waals surface area (Å²) in [5.74, 6) is 0. The van der Waals surface area contributed by atoms with Gasteiger partial charge in [0.25, 0.3) is 0 Å². The van der Waals surface area contributed by atoms with Gasteiger partial charge in [-0.3, -0.25) is 0 Å². The van der Waals surface area contributed by atoms with E-state index in [0.29, 0.717) is 0 Å². The van der Waals surface area contributed by atoms with E-state index in [1.54, 1.807) is 0 Å². The summed E-state index contributed by atoms with van der Waals surface area (Å²) in [4.78, 5) is 4.57. The summed E-state index contributed by atoms with van der Waals surface area (Å²) >= 11 is 0. The van der Waals surface area contributed by atoms with E-state index in [1.165, 1.54) is 11.3 Å². The summed E-state index contributed by atoms with van der Waals surface area (Å²) in [6, 6.07) is 2.07. The minimum atomic E-state index is 0.898. The predicted octanol–water partition coefficient (Wildman–Crippen LogP) is 0.992. The topological polar surface area (TPSA) is 42.2 Å². The van der Waals surface area contributed by atoms with Crippen LogP contribution in [-0.4, -0.2) is 21.1 Å². The maximum atomic E-state index is 4.61. The molecule has 0 spiro atoms. The van der Waals surface area contributed by atoms with E-state index in [0.717, 1.165) is 36.5 Å². The molecule has 0 unspecified atom stereocenters. The van der Waals surface area contributed by atoms with Gasteiger partial charge in [0.2, 0.25) is 0 Å². The van der Waals surface area contributed by atoms with Crippen molar-refractivity contribution in [1.82, 2.24) is 19.9 Å². The zero-order valence-corrected chi connectivity index (χ0v) is 9.04. The molecule has 0 radical (unpaired) electrons. The highest BCUT2D eigenvalue weighted by Gasteiger charge is 2.17. The molecule has 2 aromatic heterocycles. The molecular weight excluding hydrogens is 188 g/mol. The Morgan fingerprint density at radius 3 is 3.13 bits per heavy atom. The van der Waals surface area contributed by atoms with Crippen molar-refractivity contribution < 1.29 is 0 Å². The molecule has 1 aliphatic heterocycles. The van der Waals surface area contributed by atoms with E-state index in [1.807, 2.05) is 11.4 Å². The molecule has 0 amide bonds. The van der Waals surface area contributed by atoms with Gasteiger partial charge in [0, 0.05) is 36.5 Å². The van der Waals surface area contributed by atoms with Gasteiger partial charge in [0.1, 0.15) is 0 Å². The lowest BCUT2D eigenvalue weighted by Gasteiger charge is -2.10. The van der Waals surface area contributed by atoms with Crippen LogP contribution in [0.2, 0.25) is 0 Å². The van der Waals surface area contributed by atoms with Crippen molar-refractivity contribution in [3.05, 3.63) is 28.7 Å². The predicted molar refractivity (Wildman–Crippen MR) is 57.9 cm³/mol. The van der Waals surface area contributed by atoms with Crippen LogP contribution in [0.15, 0.2) is 6.07 Å². The first-order chi connectivity index (χ1) is 7.25. The van der Waals surface area contributed by atoms with Crippen LogP contribution in [0.1, 0.15) is 22.6 Å². The minimum absolute atomic E-state index is 0.898. The summed E-state index contributed by atoms with van der Waals surface area (Å²) in [6.07, 6.45) is 1.01. The van der Waals surface area contributed by atoms with Crippen LogP contribution in [0.25, 0.3) is 5.65 Å². The normalized spacial score (nSPS) is 15.6. The number of aromatic nitrogens is 3. The molecular formula is C11H14N4. The Kier molecular flexibility index (Phi) is 1.79. The van der Waals surface area contributed by atoms with Crippen LogP contribution >= 0.6 is 0 Å². The van der Waals surface area contributed by atoms with Gasteiger partial charge in [-0.1, -0.05) is 0 Å². The Hall–Kier alpha value is -1.42. The van der Waals surface area contributed by atoms with Crippen molar-refractivity contribution >= 4 is 5.65 Å². The van der Waals surface area contributed by atoms with Crippen LogP contribution in [0.5, 0.6) is 0 Å². The Balaban J connectivity index is 2.37. The van der Waals surface area contributed by atoms with E-state index >= 15 is 0 Å². The van der Waals surface area contributed by atoms with Crippen LogP contribution < -0.4 is 5.32 Å². The van der Waals surface area contributed by atoms with Crippen LogP contribution in [0, 0.1) is 13.8 Å². The first-order valence-electron chi connectivity index (χ1n) is 5.31. The fourth-order valence-corrected chi connectivity index (χ4v) is 2.21. The van der Waals surface area contributed by atoms with Crippen molar-refractivity contribution in [2.75, 3.05) is 6.54 Å². The average molecular weight is 202 g/mol. The first kappa shape index (κ1) is 8.85. The summed E-state index contributed by atoms with van der Waals surface area (Å²) in [5.41, 5.74) is 5.72. The van der Waals surface area contributed by atoms with Crippen molar-refractivity contribution in [2.24, 2.45) is 0 Å². The van der Waals surface area contributed by atoms with Gasteiger partial charge < -0.3 is 5.32 Å². The van der Waals surface area contributed by atoms with E-state index in [-0.39, 0.29) is 0 Å². The fraction of sp³-hybridized carbons (Fsp3) is 0.455. The minimum Gasteiger partial charge on any atom is -0.312 e. The highest BCUT2D eigenvalue weighted by Crippen LogP contribution is 2.19. The molecule has 0 aliphatic carbocycles. The second-order valence-corrected chi connectivity index (χ2v) is 4.13. The van der Waals surface area contributed by atoms with Crippen LogP contribution in [-0.2, 0) is 13.0 Å². The molecule has 4 nitrogen and oxygen atoms in total. The summed E-state index contributed by atoms with van der Waals surface area (Å²) < 4.78 is 1.96. The highest BCUT2D eigenvalue weighted by molar-refractivity contribution is 5.52. The lowest BCUT2D eigenvalue weighted by Crippen LogP contribution is -2.23. The summed E-state index contributed by atoms with van der Waals surface area (Å²) in [6.45, 7) is 6.03. The number of hydrogen-bond donors (Lipinski definition) is 1. The maximum absolute atomic E-state index is 4.61. The molecule has 15 heavy (non-hydrogen) atoms. The van der Waals surface area contributed by atoms with Crippen LogP contribution in [0.3, 0.4) is 0 Å². The van der Waals surface area contributed by atoms with Crippen molar-refractivity contribution in [3.63, 3.8) is 0 Å². The number of hydrogen-bond acceptors (Lipinski definition) is 3. The lowest BCUT2D eigenvalue weighted by atomic mass is 10.1. The smallest absolute Gasteiger partial charge is 0.160 e. The van der Waals surface area contributed by atoms with E-state index in [4.69, 9.17) is 0 Å². The third-order valence-corrected chi connectivity index (χ3v) is 2.91. The number of rotatable bonds is 0. The van der Waals surface area contributed by atoms with Crippen molar-refractivity contribution in [2.45, 2.75) is 26.8 Å². The SMILES string of the molecule is Cc1cc(C)n2nc3c(c2n1)CNCC3. The average Bonchev–Trinajstić information content (AvgIpc) is 2.57. The quantitative estimate of drug-likeness (QED) is 0.692. The zero-order chi connectivity index (χ0) is 10.4. The molecule has 0 saturated carbocycles. The van der Waals surface area contributed by atoms with Gasteiger partial charge in [-0.25, -0.2) is 9.50 Å². The third kappa shape index (κ3) is 1.25. The second kappa shape index (κ2) is 3.03. The fourth-order valence-electron chi connectivity index (χ4n) is 2.21. The lowest BCUT2D eigenvalue weighted by molar-refractivity contribution is 0.636. The first-order valence-corrected chi connectivity index (χ1v) is 5.31. The van der Waals surface area contributed by atoms with Gasteiger partial charge in [0.05, 0.1) is 5.69 Å². The Bertz CT molecular complexity index is 527. The molecule has 0 fully saturated rings. The van der Waals surface area contributed by atoms with Gasteiger partial charge in [-0.15, -0.1) is 0 Å². The Morgan fingerprint density at radius 2 is 2.27 bits per heavy atom. The highest BCUT2D eigenvalue weighted by atomic mass is 15.3. The van der Waals surface area contributed by atoms with E-state index < -0.39 is 0 Å². The molecule has 0 aromatic carbocycles. The van der Waals surface area contributed by atoms with Gasteiger partial charge >= 0.3 is 0 Å². The van der Waals surface area contributed by atoms with Gasteiger partial charge in [0.15, 0.2) is 5.65 Å². The molecule has 0 saturated heterocycles. The molecule has 3 heterocycles. The van der Waals surface area contributed by atoms with Crippen LogP contribution in [0.4, 0.5) is 0 Å². The van der Waals surface area contributed by atoms with Crippen molar-refractivity contribution in [1.29, 1.82) is 0 Å². The molecule has 78 valence electrons. The number of aryl methyl sites for hydroxylation is 2. The third-order valence-electron chi connectivity index (χ3n) is 2.91. The Morgan fingerprint density at radius 1 is 1.40 bits per heavy atom. The monoisotopic (exact) mass is 202 g/mol. The molecule has 2 aromatic rings. The van der Waals surface area contributed by atoms with Crippen molar-refractivity contribution in [3.8, 4) is 0 Å². The number of nitrogens with zero attached hydrogens (tertiary/aromatic N) is 3. The summed E-state index contributed by atoms with van der Waals surface area (Å²) in [7, 11) is 0. The van der Waals surface area contributed by atoms with E-state index in [2.05, 4.69) is 28.4 Å². The molecule has 1 aliphatic rings.